The Kier molecular flexibility index (Phi) is 10.5. The van der Waals surface area contributed by atoms with Crippen molar-refractivity contribution in [3.05, 3.63) is 12.2 Å². The van der Waals surface area contributed by atoms with E-state index >= 15 is 0 Å². The molecule has 0 amide bonds. The van der Waals surface area contributed by atoms with Crippen LogP contribution < -0.4 is 0 Å². The number of allylic oxidation sites excluding steroid dienone is 1. The van der Waals surface area contributed by atoms with E-state index in [2.05, 4.69) is 29.9 Å². The van der Waals surface area contributed by atoms with Crippen molar-refractivity contribution in [1.29, 1.82) is 0 Å². The second kappa shape index (κ2) is 10.3. The summed E-state index contributed by atoms with van der Waals surface area (Å²) in [4.78, 5) is 0. The molecule has 0 aliphatic rings. The molecule has 0 aromatic carbocycles. The zero-order chi connectivity index (χ0) is 8.36. The van der Waals surface area contributed by atoms with Crippen molar-refractivity contribution in [1.82, 2.24) is 0 Å². The van der Waals surface area contributed by atoms with Crippen LogP contribution in [0.1, 0.15) is 12.8 Å². The molecular weight excluding hydrogens is 135 g/mol. The second-order valence-corrected chi connectivity index (χ2v) is 2.36. The third kappa shape index (κ3) is 10.3. The van der Waals surface area contributed by atoms with Crippen molar-refractivity contribution in [3.63, 3.8) is 0 Å². The molecule has 0 bridgehead atoms. The third-order valence-corrected chi connectivity index (χ3v) is 1.25. The average molecular weight is 150 g/mol. The van der Waals surface area contributed by atoms with E-state index < -0.39 is 0 Å². The molecule has 0 aromatic heterocycles. The van der Waals surface area contributed by atoms with Gasteiger partial charge in [-0.05, 0) is 0 Å². The SMILES string of the molecule is [Li][CH2]C/C=C\CCOCOC. The zero-order valence-corrected chi connectivity index (χ0v) is 7.51. The molecule has 0 atom stereocenters. The standard InChI is InChI=1S/C8H15O2.Li/c1-3-4-5-6-7-10-8-9-2;/h4-5H,1,3,6-8H2,2H3;/b5-4-;. The Hall–Kier alpha value is 0.257. The first kappa shape index (κ1) is 11.3. The zero-order valence-electron chi connectivity index (χ0n) is 7.51. The first-order chi connectivity index (χ1) is 5.41. The predicted molar refractivity (Wildman–Crippen MR) is 46.8 cm³/mol. The molecule has 0 N–H and O–H groups in total. The van der Waals surface area contributed by atoms with Gasteiger partial charge in [0.1, 0.15) is 0 Å². The van der Waals surface area contributed by atoms with Gasteiger partial charge in [0.15, 0.2) is 0 Å². The molecule has 0 radical (unpaired) electrons. The van der Waals surface area contributed by atoms with Gasteiger partial charge in [-0.25, -0.2) is 0 Å². The predicted octanol–water partition coefficient (Wildman–Crippen LogP) is 1.53. The van der Waals surface area contributed by atoms with Gasteiger partial charge in [-0.15, -0.1) is 0 Å². The number of hydrogen-bond acceptors (Lipinski definition) is 2. The summed E-state index contributed by atoms with van der Waals surface area (Å²) in [6.45, 7) is 1.16. The van der Waals surface area contributed by atoms with Gasteiger partial charge >= 0.3 is 77.8 Å². The van der Waals surface area contributed by atoms with Crippen molar-refractivity contribution in [2.45, 2.75) is 17.9 Å². The molecule has 11 heavy (non-hydrogen) atoms. The first-order valence-electron chi connectivity index (χ1n) is 4.13. The van der Waals surface area contributed by atoms with E-state index in [0.717, 1.165) is 13.0 Å². The second-order valence-electron chi connectivity index (χ2n) is 2.36. The quantitative estimate of drug-likeness (QED) is 0.237. The number of methoxy groups -OCH3 is 1. The topological polar surface area (TPSA) is 18.5 Å². The van der Waals surface area contributed by atoms with Gasteiger partial charge in [-0.1, -0.05) is 0 Å². The monoisotopic (exact) mass is 150 g/mol. The minimum atomic E-state index is 0.404. The summed E-state index contributed by atoms with van der Waals surface area (Å²) < 4.78 is 9.81. The molecule has 3 heteroatoms. The Morgan fingerprint density at radius 3 is 2.64 bits per heavy atom. The third-order valence-electron chi connectivity index (χ3n) is 1.25. The Labute approximate surface area is 78.2 Å². The van der Waals surface area contributed by atoms with Crippen LogP contribution in [0.4, 0.5) is 0 Å². The van der Waals surface area contributed by atoms with Crippen molar-refractivity contribution in [3.8, 4) is 0 Å². The van der Waals surface area contributed by atoms with Gasteiger partial charge < -0.3 is 0 Å². The first-order valence-corrected chi connectivity index (χ1v) is 4.13. The van der Waals surface area contributed by atoms with Gasteiger partial charge in [0.2, 0.25) is 0 Å². The van der Waals surface area contributed by atoms with Gasteiger partial charge in [-0.3, -0.25) is 0 Å². The van der Waals surface area contributed by atoms with Crippen LogP contribution in [0, 0.1) is 0 Å². The van der Waals surface area contributed by atoms with Crippen LogP contribution in [0.15, 0.2) is 12.2 Å². The van der Waals surface area contributed by atoms with Crippen LogP contribution in [0.3, 0.4) is 0 Å². The Morgan fingerprint density at radius 1 is 1.27 bits per heavy atom. The van der Waals surface area contributed by atoms with Gasteiger partial charge in [0.25, 0.3) is 0 Å². The molecule has 60 valence electrons. The fourth-order valence-electron chi connectivity index (χ4n) is 0.696. The minimum absolute atomic E-state index is 0.404. The molecule has 0 aliphatic heterocycles. The summed E-state index contributed by atoms with van der Waals surface area (Å²) in [5, 5.41) is 1.22. The molecule has 0 saturated carbocycles. The Morgan fingerprint density at radius 2 is 2.00 bits per heavy atom. The summed E-state index contributed by atoms with van der Waals surface area (Å²) in [7, 11) is 1.63. The molecule has 0 unspecified atom stereocenters. The van der Waals surface area contributed by atoms with E-state index in [1.54, 1.807) is 7.11 Å². The summed E-state index contributed by atoms with van der Waals surface area (Å²) in [6.07, 6.45) is 6.50. The van der Waals surface area contributed by atoms with E-state index in [9.17, 15) is 0 Å². The van der Waals surface area contributed by atoms with Crippen molar-refractivity contribution < 1.29 is 9.47 Å². The fourth-order valence-corrected chi connectivity index (χ4v) is 0.696. The summed E-state index contributed by atoms with van der Waals surface area (Å²) in [5.74, 6) is 0. The summed E-state index contributed by atoms with van der Waals surface area (Å²) in [5.41, 5.74) is 0. The normalized spacial score (nSPS) is 11.2. The van der Waals surface area contributed by atoms with Crippen molar-refractivity contribution >= 4 is 17.7 Å². The van der Waals surface area contributed by atoms with Crippen molar-refractivity contribution in [2.24, 2.45) is 0 Å². The molecule has 0 aromatic rings. The summed E-state index contributed by atoms with van der Waals surface area (Å²) in [6, 6.07) is 0. The van der Waals surface area contributed by atoms with E-state index in [1.165, 1.54) is 11.5 Å². The van der Waals surface area contributed by atoms with E-state index in [0.29, 0.717) is 6.79 Å². The van der Waals surface area contributed by atoms with Gasteiger partial charge in [0.05, 0.1) is 0 Å². The van der Waals surface area contributed by atoms with Crippen LogP contribution in [-0.2, 0) is 9.47 Å². The molecule has 0 rings (SSSR count). The summed E-state index contributed by atoms with van der Waals surface area (Å²) >= 11 is 2.17. The fraction of sp³-hybridized carbons (Fsp3) is 0.750. The molecule has 2 nitrogen and oxygen atoms in total. The molecule has 0 fully saturated rings. The maximum absolute atomic E-state index is 5.09. The van der Waals surface area contributed by atoms with E-state index in [4.69, 9.17) is 9.47 Å². The van der Waals surface area contributed by atoms with E-state index in [-0.39, 0.29) is 0 Å². The molecule has 0 saturated heterocycles. The molecule has 0 spiro atoms. The van der Waals surface area contributed by atoms with E-state index in [1.807, 2.05) is 0 Å². The average Bonchev–Trinajstić information content (AvgIpc) is 2.03. The molecule has 0 aliphatic carbocycles. The van der Waals surface area contributed by atoms with Gasteiger partial charge in [0, 0.05) is 0 Å². The van der Waals surface area contributed by atoms with Gasteiger partial charge in [-0.2, -0.15) is 0 Å². The number of hydrogen-bond donors (Lipinski definition) is 0. The van der Waals surface area contributed by atoms with Crippen LogP contribution in [0.5, 0.6) is 0 Å². The van der Waals surface area contributed by atoms with Crippen LogP contribution in [0.25, 0.3) is 0 Å². The van der Waals surface area contributed by atoms with Crippen LogP contribution >= 0.6 is 0 Å². The number of rotatable bonds is 7. The van der Waals surface area contributed by atoms with Crippen molar-refractivity contribution in [2.75, 3.05) is 20.5 Å². The molecule has 0 heterocycles. The number of ether oxygens (including phenoxy) is 2. The Balaban J connectivity index is 2.89. The Bertz CT molecular complexity index is 94.1. The maximum atomic E-state index is 5.09. The van der Waals surface area contributed by atoms with Crippen LogP contribution in [-0.4, -0.2) is 38.2 Å². The molecular formula is C8H15LiO2. The van der Waals surface area contributed by atoms with Crippen LogP contribution in [0.2, 0.25) is 5.09 Å².